The van der Waals surface area contributed by atoms with E-state index in [1.54, 1.807) is 0 Å². The third kappa shape index (κ3) is 1.19. The van der Waals surface area contributed by atoms with Crippen LogP contribution in [0.25, 0.3) is 10.9 Å². The fourth-order valence-corrected chi connectivity index (χ4v) is 2.46. The molecular weight excluding hydrogens is 198 g/mol. The molecule has 2 rings (SSSR count). The van der Waals surface area contributed by atoms with Crippen molar-refractivity contribution < 1.29 is 8.76 Å². The average molecular weight is 209 g/mol. The summed E-state index contributed by atoms with van der Waals surface area (Å²) in [6.07, 6.45) is 0. The van der Waals surface area contributed by atoms with Crippen LogP contribution in [0.3, 0.4) is 0 Å². The summed E-state index contributed by atoms with van der Waals surface area (Å²) in [6.45, 7) is 1.85. The van der Waals surface area contributed by atoms with Crippen LogP contribution in [0.4, 0.5) is 0 Å². The van der Waals surface area contributed by atoms with Gasteiger partial charge >= 0.3 is 0 Å². The Balaban J connectivity index is 2.95. The molecule has 1 unspecified atom stereocenters. The Morgan fingerprint density at radius 2 is 2.00 bits per heavy atom. The first-order valence-corrected chi connectivity index (χ1v) is 5.38. The van der Waals surface area contributed by atoms with Crippen LogP contribution >= 0.6 is 0 Å². The van der Waals surface area contributed by atoms with Crippen LogP contribution in [-0.4, -0.2) is 13.3 Å². The number of aromatic nitrogens is 1. The molecule has 1 heterocycles. The van der Waals surface area contributed by atoms with Gasteiger partial charge in [-0.25, -0.2) is 4.21 Å². The number of aryl methyl sites for hydroxylation is 1. The highest BCUT2D eigenvalue weighted by Gasteiger charge is 2.14. The number of para-hydroxylation sites is 1. The molecule has 1 aromatic carbocycles. The van der Waals surface area contributed by atoms with Gasteiger partial charge in [-0.2, -0.15) is 0 Å². The zero-order chi connectivity index (χ0) is 10.3. The molecule has 0 amide bonds. The second-order valence-electron chi connectivity index (χ2n) is 3.24. The molecule has 0 aliphatic rings. The summed E-state index contributed by atoms with van der Waals surface area (Å²) < 4.78 is 22.3. The van der Waals surface area contributed by atoms with E-state index in [9.17, 15) is 8.76 Å². The van der Waals surface area contributed by atoms with Gasteiger partial charge in [-0.05, 0) is 13.0 Å². The molecule has 1 aromatic heterocycles. The molecule has 0 aliphatic carbocycles. The Hall–Kier alpha value is -1.13. The monoisotopic (exact) mass is 209 g/mol. The first kappa shape index (κ1) is 9.43. The van der Waals surface area contributed by atoms with Gasteiger partial charge < -0.3 is 9.12 Å². The number of fused-ring (bicyclic) bond motifs is 1. The van der Waals surface area contributed by atoms with Gasteiger partial charge in [-0.1, -0.05) is 18.2 Å². The zero-order valence-corrected chi connectivity index (χ0v) is 8.84. The first-order valence-electron chi connectivity index (χ1n) is 4.28. The van der Waals surface area contributed by atoms with E-state index in [1.165, 1.54) is 0 Å². The largest absolute Gasteiger partial charge is 0.347 e. The van der Waals surface area contributed by atoms with E-state index in [1.807, 2.05) is 42.8 Å². The van der Waals surface area contributed by atoms with Gasteiger partial charge in [0.25, 0.3) is 0 Å². The Morgan fingerprint density at radius 3 is 2.64 bits per heavy atom. The van der Waals surface area contributed by atoms with Gasteiger partial charge in [-0.15, -0.1) is 0 Å². The van der Waals surface area contributed by atoms with Crippen LogP contribution in [0.1, 0.15) is 5.69 Å². The fourth-order valence-electron chi connectivity index (χ4n) is 1.71. The molecule has 14 heavy (non-hydrogen) atoms. The second kappa shape index (κ2) is 3.22. The molecule has 3 nitrogen and oxygen atoms in total. The summed E-state index contributed by atoms with van der Waals surface area (Å²) in [5.74, 6) is 0. The van der Waals surface area contributed by atoms with Gasteiger partial charge in [0.1, 0.15) is 0 Å². The predicted molar refractivity (Wildman–Crippen MR) is 56.7 cm³/mol. The molecule has 0 radical (unpaired) electrons. The molecule has 2 aromatic rings. The van der Waals surface area contributed by atoms with Crippen LogP contribution in [0, 0.1) is 6.92 Å². The molecule has 1 atom stereocenters. The highest BCUT2D eigenvalue weighted by atomic mass is 32.2. The number of hydrogen-bond donors (Lipinski definition) is 1. The molecule has 0 saturated heterocycles. The van der Waals surface area contributed by atoms with Gasteiger partial charge in [0.15, 0.2) is 11.1 Å². The Labute approximate surface area is 84.6 Å². The van der Waals surface area contributed by atoms with Crippen molar-refractivity contribution in [2.75, 3.05) is 0 Å². The number of hydrogen-bond acceptors (Lipinski definition) is 1. The minimum Gasteiger partial charge on any atom is -0.347 e. The van der Waals surface area contributed by atoms with Crippen LogP contribution in [-0.2, 0) is 18.1 Å². The molecule has 4 heteroatoms. The predicted octanol–water partition coefficient (Wildman–Crippen LogP) is 2.07. The van der Waals surface area contributed by atoms with Gasteiger partial charge in [0.2, 0.25) is 0 Å². The van der Waals surface area contributed by atoms with E-state index in [4.69, 9.17) is 0 Å². The third-order valence-corrected chi connectivity index (χ3v) is 3.38. The first-order chi connectivity index (χ1) is 6.63. The van der Waals surface area contributed by atoms with Gasteiger partial charge in [0, 0.05) is 23.6 Å². The molecule has 0 bridgehead atoms. The van der Waals surface area contributed by atoms with Crippen LogP contribution in [0.15, 0.2) is 29.2 Å². The minimum atomic E-state index is -1.92. The van der Waals surface area contributed by atoms with Crippen molar-refractivity contribution in [2.45, 2.75) is 11.8 Å². The standard InChI is InChI=1S/C10H11NO2S/c1-7-10(14(12)13)8-5-3-4-6-9(8)11(7)2/h3-6H,1-2H3,(H,12,13). The Bertz CT molecular complexity index is 516. The lowest BCUT2D eigenvalue weighted by molar-refractivity contribution is 0.564. The molecule has 0 spiro atoms. The lowest BCUT2D eigenvalue weighted by Crippen LogP contribution is -1.94. The molecule has 0 fully saturated rings. The molecular formula is C10H11NO2S. The fraction of sp³-hybridized carbons (Fsp3) is 0.200. The van der Waals surface area contributed by atoms with E-state index < -0.39 is 11.1 Å². The lowest BCUT2D eigenvalue weighted by Gasteiger charge is -1.97. The van der Waals surface area contributed by atoms with E-state index in [0.29, 0.717) is 4.90 Å². The van der Waals surface area contributed by atoms with Gasteiger partial charge in [-0.3, -0.25) is 0 Å². The Morgan fingerprint density at radius 1 is 1.36 bits per heavy atom. The number of benzene rings is 1. The molecule has 0 saturated carbocycles. The highest BCUT2D eigenvalue weighted by Crippen LogP contribution is 2.26. The lowest BCUT2D eigenvalue weighted by atomic mass is 10.2. The highest BCUT2D eigenvalue weighted by molar-refractivity contribution is 7.79. The second-order valence-corrected chi connectivity index (χ2v) is 4.15. The van der Waals surface area contributed by atoms with Crippen molar-refractivity contribution >= 4 is 22.0 Å². The number of rotatable bonds is 1. The van der Waals surface area contributed by atoms with Gasteiger partial charge in [0.05, 0.1) is 4.90 Å². The van der Waals surface area contributed by atoms with Crippen molar-refractivity contribution in [3.05, 3.63) is 30.0 Å². The number of nitrogens with zero attached hydrogens (tertiary/aromatic N) is 1. The quantitative estimate of drug-likeness (QED) is 0.730. The molecule has 74 valence electrons. The smallest absolute Gasteiger partial charge is 0.188 e. The maximum Gasteiger partial charge on any atom is 0.188 e. The molecule has 0 aliphatic heterocycles. The van der Waals surface area contributed by atoms with Crippen LogP contribution in [0.5, 0.6) is 0 Å². The maximum absolute atomic E-state index is 11.1. The van der Waals surface area contributed by atoms with Crippen molar-refractivity contribution in [1.82, 2.24) is 4.57 Å². The maximum atomic E-state index is 11.1. The summed E-state index contributed by atoms with van der Waals surface area (Å²) in [7, 11) is 1.90. The minimum absolute atomic E-state index is 0.517. The Kier molecular flexibility index (Phi) is 2.17. The zero-order valence-electron chi connectivity index (χ0n) is 8.02. The van der Waals surface area contributed by atoms with Crippen molar-refractivity contribution in [2.24, 2.45) is 7.05 Å². The van der Waals surface area contributed by atoms with E-state index in [2.05, 4.69) is 0 Å². The van der Waals surface area contributed by atoms with Crippen molar-refractivity contribution in [1.29, 1.82) is 0 Å². The summed E-state index contributed by atoms with van der Waals surface area (Å²) in [5, 5.41) is 0.855. The summed E-state index contributed by atoms with van der Waals surface area (Å²) >= 11 is -1.92. The van der Waals surface area contributed by atoms with E-state index >= 15 is 0 Å². The average Bonchev–Trinajstić information content (AvgIpc) is 2.41. The van der Waals surface area contributed by atoms with Crippen LogP contribution < -0.4 is 0 Å². The summed E-state index contributed by atoms with van der Waals surface area (Å²) in [6, 6.07) is 7.61. The van der Waals surface area contributed by atoms with Crippen molar-refractivity contribution in [3.63, 3.8) is 0 Å². The van der Waals surface area contributed by atoms with E-state index in [0.717, 1.165) is 16.6 Å². The summed E-state index contributed by atoms with van der Waals surface area (Å²) in [4.78, 5) is 0.517. The SMILES string of the molecule is Cc1c(S(=O)O)c2ccccc2n1C. The normalized spacial score (nSPS) is 13.4. The van der Waals surface area contributed by atoms with Crippen LogP contribution in [0.2, 0.25) is 0 Å². The third-order valence-electron chi connectivity index (χ3n) is 2.52. The topological polar surface area (TPSA) is 42.2 Å². The summed E-state index contributed by atoms with van der Waals surface area (Å²) in [5.41, 5.74) is 1.83. The van der Waals surface area contributed by atoms with Crippen molar-refractivity contribution in [3.8, 4) is 0 Å². The van der Waals surface area contributed by atoms with E-state index in [-0.39, 0.29) is 0 Å². The molecule has 1 N–H and O–H groups in total.